The maximum Gasteiger partial charge on any atom is 0.0328 e. The van der Waals surface area contributed by atoms with E-state index in [-0.39, 0.29) is 0 Å². The molecule has 1 fully saturated rings. The monoisotopic (exact) mass is 293 g/mol. The van der Waals surface area contributed by atoms with Gasteiger partial charge in [0, 0.05) is 16.6 Å². The van der Waals surface area contributed by atoms with Crippen molar-refractivity contribution >= 4 is 15.9 Å². The van der Waals surface area contributed by atoms with Crippen molar-refractivity contribution < 1.29 is 0 Å². The smallest absolute Gasteiger partial charge is 0.0328 e. The molecule has 0 saturated heterocycles. The summed E-state index contributed by atoms with van der Waals surface area (Å²) in [5.41, 5.74) is 3.05. The van der Waals surface area contributed by atoms with Crippen LogP contribution in [-0.4, -0.2) is 6.04 Å². The van der Waals surface area contributed by atoms with E-state index in [1.54, 1.807) is 0 Å². The highest BCUT2D eigenvalue weighted by atomic mass is 79.9. The van der Waals surface area contributed by atoms with Crippen LogP contribution < -0.4 is 5.32 Å². The van der Waals surface area contributed by atoms with E-state index in [4.69, 9.17) is 0 Å². The lowest BCUT2D eigenvalue weighted by atomic mass is 10.1. The maximum atomic E-state index is 3.87. The number of nitrogens with one attached hydrogen (secondary N) is 1. The van der Waals surface area contributed by atoms with Crippen LogP contribution in [0.2, 0.25) is 0 Å². The third kappa shape index (κ3) is 2.30. The van der Waals surface area contributed by atoms with E-state index in [0.29, 0.717) is 6.04 Å². The van der Waals surface area contributed by atoms with Gasteiger partial charge in [-0.3, -0.25) is 0 Å². The summed E-state index contributed by atoms with van der Waals surface area (Å²) < 4.78 is 1.29. The topological polar surface area (TPSA) is 12.0 Å². The molecule has 0 heterocycles. The van der Waals surface area contributed by atoms with E-state index < -0.39 is 0 Å². The Morgan fingerprint density at radius 3 is 2.88 bits per heavy atom. The molecule has 1 nitrogen and oxygen atoms in total. The Balaban J connectivity index is 1.73. The molecule has 0 radical (unpaired) electrons. The summed E-state index contributed by atoms with van der Waals surface area (Å²) in [5.74, 6) is 0.913. The molecule has 3 unspecified atom stereocenters. The Morgan fingerprint density at radius 1 is 1.24 bits per heavy atom. The SMILES string of the molecule is CC1CCC(NC2CCc3c(Br)cccc32)C1. The Labute approximate surface area is 112 Å². The minimum atomic E-state index is 0.595. The summed E-state index contributed by atoms with van der Waals surface area (Å²) in [5, 5.41) is 3.87. The summed E-state index contributed by atoms with van der Waals surface area (Å²) in [7, 11) is 0. The molecule has 0 aliphatic heterocycles. The summed E-state index contributed by atoms with van der Waals surface area (Å²) in [6.45, 7) is 2.38. The van der Waals surface area contributed by atoms with Crippen molar-refractivity contribution in [1.29, 1.82) is 0 Å². The first kappa shape index (κ1) is 11.7. The number of rotatable bonds is 2. The van der Waals surface area contributed by atoms with E-state index >= 15 is 0 Å². The average molecular weight is 294 g/mol. The van der Waals surface area contributed by atoms with E-state index in [1.165, 1.54) is 47.7 Å². The van der Waals surface area contributed by atoms with E-state index in [2.05, 4.69) is 46.4 Å². The molecule has 1 aromatic carbocycles. The van der Waals surface area contributed by atoms with Crippen LogP contribution in [0.25, 0.3) is 0 Å². The van der Waals surface area contributed by atoms with Gasteiger partial charge in [-0.1, -0.05) is 35.0 Å². The molecule has 92 valence electrons. The van der Waals surface area contributed by atoms with E-state index in [1.807, 2.05) is 0 Å². The highest BCUT2D eigenvalue weighted by Gasteiger charge is 2.28. The van der Waals surface area contributed by atoms with Gasteiger partial charge in [0.1, 0.15) is 0 Å². The van der Waals surface area contributed by atoms with Gasteiger partial charge in [-0.25, -0.2) is 0 Å². The van der Waals surface area contributed by atoms with Crippen molar-refractivity contribution in [3.63, 3.8) is 0 Å². The molecule has 2 aliphatic rings. The zero-order valence-corrected chi connectivity index (χ0v) is 12.0. The molecule has 2 aliphatic carbocycles. The van der Waals surface area contributed by atoms with Gasteiger partial charge in [0.05, 0.1) is 0 Å². The molecule has 1 N–H and O–H groups in total. The van der Waals surface area contributed by atoms with Crippen molar-refractivity contribution in [1.82, 2.24) is 5.32 Å². The first-order valence-electron chi connectivity index (χ1n) is 6.77. The zero-order valence-electron chi connectivity index (χ0n) is 10.4. The fourth-order valence-electron chi connectivity index (χ4n) is 3.43. The molecule has 17 heavy (non-hydrogen) atoms. The first-order chi connectivity index (χ1) is 8.24. The van der Waals surface area contributed by atoms with E-state index in [9.17, 15) is 0 Å². The molecule has 1 aromatic rings. The van der Waals surface area contributed by atoms with Crippen molar-refractivity contribution in [2.75, 3.05) is 0 Å². The van der Waals surface area contributed by atoms with Gasteiger partial charge in [-0.05, 0) is 55.2 Å². The average Bonchev–Trinajstić information content (AvgIpc) is 2.88. The van der Waals surface area contributed by atoms with Crippen LogP contribution in [0.1, 0.15) is 49.8 Å². The second-order valence-corrected chi connectivity index (χ2v) is 6.54. The molecule has 0 spiro atoms. The quantitative estimate of drug-likeness (QED) is 0.861. The molecule has 2 heteroatoms. The Hall–Kier alpha value is -0.340. The fourth-order valence-corrected chi connectivity index (χ4v) is 4.01. The Kier molecular flexibility index (Phi) is 3.27. The summed E-state index contributed by atoms with van der Waals surface area (Å²) in [6, 6.07) is 7.97. The highest BCUT2D eigenvalue weighted by molar-refractivity contribution is 9.10. The largest absolute Gasteiger partial charge is 0.307 e. The number of fused-ring (bicyclic) bond motifs is 1. The Morgan fingerprint density at radius 2 is 2.12 bits per heavy atom. The second-order valence-electron chi connectivity index (χ2n) is 5.68. The molecule has 3 atom stereocenters. The minimum absolute atomic E-state index is 0.595. The predicted molar refractivity (Wildman–Crippen MR) is 75.1 cm³/mol. The molecule has 0 amide bonds. The number of hydrogen-bond donors (Lipinski definition) is 1. The van der Waals surface area contributed by atoms with Crippen molar-refractivity contribution in [2.24, 2.45) is 5.92 Å². The lowest BCUT2D eigenvalue weighted by molar-refractivity contribution is 0.428. The third-order valence-electron chi connectivity index (χ3n) is 4.35. The van der Waals surface area contributed by atoms with Crippen LogP contribution >= 0.6 is 15.9 Å². The third-order valence-corrected chi connectivity index (χ3v) is 5.09. The molecule has 0 bridgehead atoms. The van der Waals surface area contributed by atoms with Gasteiger partial charge >= 0.3 is 0 Å². The van der Waals surface area contributed by atoms with Gasteiger partial charge in [0.15, 0.2) is 0 Å². The summed E-state index contributed by atoms with van der Waals surface area (Å²) in [4.78, 5) is 0. The lowest BCUT2D eigenvalue weighted by Crippen LogP contribution is -2.29. The molecule has 1 saturated carbocycles. The predicted octanol–water partition coefficient (Wildman–Crippen LogP) is 4.21. The standard InChI is InChI=1S/C15H20BrN/c1-10-5-6-11(9-10)17-15-8-7-12-13(15)3-2-4-14(12)16/h2-4,10-11,15,17H,5-9H2,1H3. The molecular weight excluding hydrogens is 274 g/mol. The van der Waals surface area contributed by atoms with Gasteiger partial charge in [0.2, 0.25) is 0 Å². The van der Waals surface area contributed by atoms with Crippen LogP contribution in [0.5, 0.6) is 0 Å². The van der Waals surface area contributed by atoms with Gasteiger partial charge < -0.3 is 5.32 Å². The van der Waals surface area contributed by atoms with Gasteiger partial charge in [-0.15, -0.1) is 0 Å². The summed E-state index contributed by atoms with van der Waals surface area (Å²) >= 11 is 3.67. The van der Waals surface area contributed by atoms with Crippen molar-refractivity contribution in [3.05, 3.63) is 33.8 Å². The first-order valence-corrected chi connectivity index (χ1v) is 7.56. The van der Waals surface area contributed by atoms with Crippen LogP contribution in [-0.2, 0) is 6.42 Å². The molecular formula is C15H20BrN. The van der Waals surface area contributed by atoms with Crippen LogP contribution in [0.15, 0.2) is 22.7 Å². The van der Waals surface area contributed by atoms with E-state index in [0.717, 1.165) is 12.0 Å². The van der Waals surface area contributed by atoms with Gasteiger partial charge in [-0.2, -0.15) is 0 Å². The molecule has 0 aromatic heterocycles. The number of hydrogen-bond acceptors (Lipinski definition) is 1. The Bertz CT molecular complexity index is 415. The maximum absolute atomic E-state index is 3.87. The van der Waals surface area contributed by atoms with Crippen LogP contribution in [0.4, 0.5) is 0 Å². The lowest BCUT2D eigenvalue weighted by Gasteiger charge is -2.20. The fraction of sp³-hybridized carbons (Fsp3) is 0.600. The molecule has 3 rings (SSSR count). The minimum Gasteiger partial charge on any atom is -0.307 e. The normalized spacial score (nSPS) is 31.8. The van der Waals surface area contributed by atoms with Crippen LogP contribution in [0, 0.1) is 5.92 Å². The second kappa shape index (κ2) is 4.74. The van der Waals surface area contributed by atoms with Gasteiger partial charge in [0.25, 0.3) is 0 Å². The van der Waals surface area contributed by atoms with Crippen LogP contribution in [0.3, 0.4) is 0 Å². The highest BCUT2D eigenvalue weighted by Crippen LogP contribution is 2.37. The zero-order chi connectivity index (χ0) is 11.8. The van der Waals surface area contributed by atoms with Crippen molar-refractivity contribution in [2.45, 2.75) is 51.1 Å². The van der Waals surface area contributed by atoms with Crippen molar-refractivity contribution in [3.8, 4) is 0 Å². The number of halogens is 1. The number of benzene rings is 1. The summed E-state index contributed by atoms with van der Waals surface area (Å²) in [6.07, 6.45) is 6.61.